The highest BCUT2D eigenvalue weighted by molar-refractivity contribution is 5.81. The first-order chi connectivity index (χ1) is 10.4. The molecule has 0 heterocycles. The second-order valence-corrected chi connectivity index (χ2v) is 4.47. The third-order valence-electron chi connectivity index (χ3n) is 3.16. The zero-order valence-corrected chi connectivity index (χ0v) is 11.5. The molecule has 11 heteroatoms. The summed E-state index contributed by atoms with van der Waals surface area (Å²) in [4.78, 5) is 11.6. The average Bonchev–Trinajstić information content (AvgIpc) is 2.37. The first-order valence-corrected chi connectivity index (χ1v) is 6.06. The number of alkyl halides is 6. The van der Waals surface area contributed by atoms with E-state index in [-0.39, 0.29) is 5.69 Å². The van der Waals surface area contributed by atoms with Gasteiger partial charge in [-0.15, -0.1) is 0 Å². The Morgan fingerprint density at radius 3 is 1.87 bits per heavy atom. The first-order valence-electron chi connectivity index (χ1n) is 6.06. The molecule has 23 heavy (non-hydrogen) atoms. The molecule has 0 radical (unpaired) electrons. The quantitative estimate of drug-likeness (QED) is 0.380. The van der Waals surface area contributed by atoms with Crippen LogP contribution in [0.25, 0.3) is 0 Å². The van der Waals surface area contributed by atoms with E-state index in [1.807, 2.05) is 0 Å². The van der Waals surface area contributed by atoms with Gasteiger partial charge in [0.25, 0.3) is 5.41 Å². The molecule has 5 nitrogen and oxygen atoms in total. The Kier molecular flexibility index (Phi) is 5.29. The summed E-state index contributed by atoms with van der Waals surface area (Å²) in [5.41, 5.74) is -4.94. The zero-order valence-electron chi connectivity index (χ0n) is 11.5. The predicted molar refractivity (Wildman–Crippen MR) is 62.7 cm³/mol. The van der Waals surface area contributed by atoms with Crippen molar-refractivity contribution in [2.75, 3.05) is 0 Å². The molecule has 1 rings (SSSR count). The molecule has 1 aromatic carbocycles. The number of hydrogen-bond donors (Lipinski definition) is 2. The van der Waals surface area contributed by atoms with Gasteiger partial charge >= 0.3 is 18.3 Å². The van der Waals surface area contributed by atoms with E-state index in [0.29, 0.717) is 6.92 Å². The van der Waals surface area contributed by atoms with Crippen LogP contribution in [0.1, 0.15) is 13.3 Å². The molecule has 0 fully saturated rings. The van der Waals surface area contributed by atoms with Crippen molar-refractivity contribution in [2.45, 2.75) is 25.7 Å². The van der Waals surface area contributed by atoms with Gasteiger partial charge in [-0.25, -0.2) is 5.21 Å². The van der Waals surface area contributed by atoms with Crippen LogP contribution in [0.4, 0.5) is 32.0 Å². The summed E-state index contributed by atoms with van der Waals surface area (Å²) in [5.74, 6) is -3.16. The Morgan fingerprint density at radius 2 is 1.57 bits per heavy atom. The SMILES string of the molecule is CCC(C(=O)Oc1ccc([NH+]([O-])O)cc1)(C(F)(F)F)C(F)(F)F. The summed E-state index contributed by atoms with van der Waals surface area (Å²) >= 11 is 0. The largest absolute Gasteiger partial charge is 0.595 e. The number of quaternary nitrogens is 1. The Labute approximate surface area is 125 Å². The van der Waals surface area contributed by atoms with E-state index in [1.165, 1.54) is 0 Å². The smallest absolute Gasteiger partial charge is 0.413 e. The summed E-state index contributed by atoms with van der Waals surface area (Å²) < 4.78 is 81.6. The van der Waals surface area contributed by atoms with Crippen LogP contribution in [0.5, 0.6) is 5.75 Å². The number of carbonyl (C=O) groups excluding carboxylic acids is 1. The van der Waals surface area contributed by atoms with E-state index in [4.69, 9.17) is 5.21 Å². The molecule has 0 spiro atoms. The maximum Gasteiger partial charge on any atom is 0.413 e. The number of esters is 1. The highest BCUT2D eigenvalue weighted by Crippen LogP contribution is 2.53. The standard InChI is InChI=1S/C12H11F6NO4/c1-2-10(11(13,14)15,12(16,17)18)9(20)23-8-5-3-7(4-6-8)19(21)22/h3-6,19,21H,2H2,1H3. The molecule has 0 saturated carbocycles. The van der Waals surface area contributed by atoms with Crippen molar-refractivity contribution in [3.8, 4) is 5.75 Å². The normalized spacial score (nSPS) is 14.5. The number of halogens is 6. The van der Waals surface area contributed by atoms with Crippen LogP contribution in [0.15, 0.2) is 24.3 Å². The Morgan fingerprint density at radius 1 is 1.13 bits per heavy atom. The van der Waals surface area contributed by atoms with E-state index >= 15 is 0 Å². The fourth-order valence-electron chi connectivity index (χ4n) is 1.80. The number of ether oxygens (including phenoxy) is 1. The molecular formula is C12H11F6NO4. The lowest BCUT2D eigenvalue weighted by atomic mass is 9.83. The Balaban J connectivity index is 3.17. The van der Waals surface area contributed by atoms with Gasteiger partial charge in [0.05, 0.1) is 0 Å². The minimum absolute atomic E-state index is 0.279. The van der Waals surface area contributed by atoms with E-state index < -0.39 is 41.1 Å². The zero-order chi connectivity index (χ0) is 18.1. The monoisotopic (exact) mass is 347 g/mol. The van der Waals surface area contributed by atoms with Crippen molar-refractivity contribution in [3.63, 3.8) is 0 Å². The maximum absolute atomic E-state index is 12.9. The lowest BCUT2D eigenvalue weighted by molar-refractivity contribution is -0.991. The minimum Gasteiger partial charge on any atom is -0.595 e. The van der Waals surface area contributed by atoms with Gasteiger partial charge < -0.3 is 9.94 Å². The van der Waals surface area contributed by atoms with Crippen LogP contribution >= 0.6 is 0 Å². The molecule has 0 aliphatic carbocycles. The summed E-state index contributed by atoms with van der Waals surface area (Å²) in [7, 11) is 0. The van der Waals surface area contributed by atoms with Gasteiger partial charge in [0, 0.05) is 12.1 Å². The third kappa shape index (κ3) is 3.57. The second-order valence-electron chi connectivity index (χ2n) is 4.47. The van der Waals surface area contributed by atoms with Gasteiger partial charge in [-0.1, -0.05) is 6.92 Å². The highest BCUT2D eigenvalue weighted by atomic mass is 19.4. The summed E-state index contributed by atoms with van der Waals surface area (Å²) in [6, 6.07) is 3.32. The van der Waals surface area contributed by atoms with Crippen molar-refractivity contribution in [2.24, 2.45) is 5.41 Å². The van der Waals surface area contributed by atoms with Crippen molar-refractivity contribution in [3.05, 3.63) is 29.5 Å². The second kappa shape index (κ2) is 6.34. The van der Waals surface area contributed by atoms with Gasteiger partial charge in [0.1, 0.15) is 5.75 Å². The van der Waals surface area contributed by atoms with Crippen molar-refractivity contribution < 1.29 is 46.3 Å². The molecule has 130 valence electrons. The van der Waals surface area contributed by atoms with E-state index in [9.17, 15) is 36.3 Å². The van der Waals surface area contributed by atoms with Crippen molar-refractivity contribution >= 4 is 11.7 Å². The molecular weight excluding hydrogens is 336 g/mol. The van der Waals surface area contributed by atoms with E-state index in [2.05, 4.69) is 4.74 Å². The van der Waals surface area contributed by atoms with Crippen LogP contribution in [0.3, 0.4) is 0 Å². The molecule has 1 atom stereocenters. The number of hydrogen-bond acceptors (Lipinski definition) is 4. The molecule has 0 bridgehead atoms. The topological polar surface area (TPSA) is 74.0 Å². The molecule has 0 aliphatic heterocycles. The van der Waals surface area contributed by atoms with Crippen LogP contribution in [-0.4, -0.2) is 23.5 Å². The summed E-state index contributed by atoms with van der Waals surface area (Å²) in [5, 5.41) is 17.9. The predicted octanol–water partition coefficient (Wildman–Crippen LogP) is 2.52. The van der Waals surface area contributed by atoms with Crippen LogP contribution in [0.2, 0.25) is 0 Å². The fraction of sp³-hybridized carbons (Fsp3) is 0.417. The first kappa shape index (κ1) is 19.2. The van der Waals surface area contributed by atoms with E-state index in [0.717, 1.165) is 24.3 Å². The van der Waals surface area contributed by atoms with Crippen LogP contribution < -0.4 is 9.96 Å². The molecule has 1 aromatic rings. The number of carbonyl (C=O) groups is 1. The van der Waals surface area contributed by atoms with Gasteiger partial charge in [0.15, 0.2) is 5.69 Å². The molecule has 0 aromatic heterocycles. The van der Waals surface area contributed by atoms with Crippen molar-refractivity contribution in [1.82, 2.24) is 0 Å². The van der Waals surface area contributed by atoms with Crippen molar-refractivity contribution in [1.29, 1.82) is 0 Å². The molecule has 2 N–H and O–H groups in total. The maximum atomic E-state index is 12.9. The van der Waals surface area contributed by atoms with Gasteiger partial charge in [0.2, 0.25) is 0 Å². The number of rotatable bonds is 4. The van der Waals surface area contributed by atoms with Gasteiger partial charge in [-0.3, -0.25) is 4.79 Å². The van der Waals surface area contributed by atoms with Gasteiger partial charge in [-0.2, -0.15) is 31.6 Å². The third-order valence-corrected chi connectivity index (χ3v) is 3.16. The average molecular weight is 347 g/mol. The molecule has 0 saturated heterocycles. The van der Waals surface area contributed by atoms with Crippen LogP contribution in [-0.2, 0) is 4.79 Å². The Hall–Kier alpha value is -1.85. The molecule has 0 amide bonds. The minimum atomic E-state index is -5.90. The Bertz CT molecular complexity index is 538. The molecule has 1 unspecified atom stereocenters. The van der Waals surface area contributed by atoms with Crippen LogP contribution in [0, 0.1) is 10.6 Å². The number of benzene rings is 1. The summed E-state index contributed by atoms with van der Waals surface area (Å²) in [6.45, 7) is 0.565. The molecule has 0 aliphatic rings. The highest BCUT2D eigenvalue weighted by Gasteiger charge is 2.75. The lowest BCUT2D eigenvalue weighted by Gasteiger charge is -2.33. The fourth-order valence-corrected chi connectivity index (χ4v) is 1.80. The number of nitrogens with one attached hydrogen (secondary N) is 1. The van der Waals surface area contributed by atoms with Gasteiger partial charge in [-0.05, 0) is 18.6 Å². The summed E-state index contributed by atoms with van der Waals surface area (Å²) in [6.07, 6.45) is -13.4. The lowest BCUT2D eigenvalue weighted by Crippen LogP contribution is -2.99. The van der Waals surface area contributed by atoms with E-state index in [1.54, 1.807) is 0 Å².